The molecule has 2 N–H and O–H groups in total. The van der Waals surface area contributed by atoms with Crippen molar-refractivity contribution in [1.29, 1.82) is 0 Å². The molecule has 0 aliphatic carbocycles. The number of alkyl halides is 3. The van der Waals surface area contributed by atoms with E-state index >= 15 is 0 Å². The summed E-state index contributed by atoms with van der Waals surface area (Å²) in [7, 11) is 0. The summed E-state index contributed by atoms with van der Waals surface area (Å²) >= 11 is 1.69. The van der Waals surface area contributed by atoms with Crippen LogP contribution in [0.5, 0.6) is 0 Å². The largest absolute Gasteiger partial charge is 0.401 e. The third-order valence-corrected chi connectivity index (χ3v) is 2.90. The maximum absolute atomic E-state index is 11.8. The molecule has 92 valence electrons. The molecule has 16 heavy (non-hydrogen) atoms. The predicted molar refractivity (Wildman–Crippen MR) is 59.7 cm³/mol. The number of rotatable bonds is 6. The second-order valence-electron chi connectivity index (χ2n) is 3.48. The van der Waals surface area contributed by atoms with Crippen LogP contribution in [0.2, 0.25) is 0 Å². The quantitative estimate of drug-likeness (QED) is 0.759. The molecule has 0 radical (unpaired) electrons. The van der Waals surface area contributed by atoms with Gasteiger partial charge in [-0.15, -0.1) is 11.3 Å². The number of hydrogen-bond acceptors (Lipinski definition) is 3. The summed E-state index contributed by atoms with van der Waals surface area (Å²) < 4.78 is 35.3. The lowest BCUT2D eigenvalue weighted by molar-refractivity contribution is -0.124. The Morgan fingerprint density at radius 1 is 1.19 bits per heavy atom. The highest BCUT2D eigenvalue weighted by Crippen LogP contribution is 2.14. The summed E-state index contributed by atoms with van der Waals surface area (Å²) in [4.78, 5) is 2.44. The van der Waals surface area contributed by atoms with Crippen LogP contribution < -0.4 is 10.6 Å². The third-order valence-electron chi connectivity index (χ3n) is 1.90. The van der Waals surface area contributed by atoms with Crippen molar-refractivity contribution in [1.82, 2.24) is 10.6 Å². The topological polar surface area (TPSA) is 24.1 Å². The summed E-state index contributed by atoms with van der Waals surface area (Å²) in [5.41, 5.74) is 0. The molecule has 1 aromatic rings. The number of halogens is 3. The van der Waals surface area contributed by atoms with Crippen LogP contribution in [-0.4, -0.2) is 25.8 Å². The minimum Gasteiger partial charge on any atom is -0.311 e. The van der Waals surface area contributed by atoms with Gasteiger partial charge in [-0.25, -0.2) is 0 Å². The first-order chi connectivity index (χ1) is 7.47. The molecular weight excluding hydrogens is 237 g/mol. The Morgan fingerprint density at radius 3 is 2.44 bits per heavy atom. The molecule has 0 saturated carbocycles. The molecule has 0 atom stereocenters. The second-order valence-corrected chi connectivity index (χ2v) is 4.85. The van der Waals surface area contributed by atoms with E-state index in [-0.39, 0.29) is 0 Å². The zero-order valence-electron chi connectivity index (χ0n) is 9.03. The van der Waals surface area contributed by atoms with E-state index in [4.69, 9.17) is 0 Å². The molecule has 0 aliphatic heterocycles. The first-order valence-corrected chi connectivity index (χ1v) is 5.82. The number of aryl methyl sites for hydroxylation is 1. The molecule has 0 bridgehead atoms. The van der Waals surface area contributed by atoms with Crippen LogP contribution in [0.4, 0.5) is 13.2 Å². The minimum absolute atomic E-state index is 0.323. The molecule has 2 nitrogen and oxygen atoms in total. The Kier molecular flexibility index (Phi) is 5.24. The molecule has 0 amide bonds. The zero-order valence-corrected chi connectivity index (χ0v) is 9.84. The van der Waals surface area contributed by atoms with Gasteiger partial charge < -0.3 is 10.6 Å². The van der Waals surface area contributed by atoms with E-state index in [0.29, 0.717) is 19.6 Å². The van der Waals surface area contributed by atoms with E-state index in [1.807, 2.05) is 19.1 Å². The Bertz CT molecular complexity index is 309. The first kappa shape index (κ1) is 13.5. The van der Waals surface area contributed by atoms with Crippen molar-refractivity contribution in [3.63, 3.8) is 0 Å². The van der Waals surface area contributed by atoms with Crippen molar-refractivity contribution in [2.24, 2.45) is 0 Å². The first-order valence-electron chi connectivity index (χ1n) is 5.01. The molecule has 1 aromatic heterocycles. The van der Waals surface area contributed by atoms with Crippen molar-refractivity contribution < 1.29 is 13.2 Å². The maximum atomic E-state index is 11.8. The summed E-state index contributed by atoms with van der Waals surface area (Å²) in [6.45, 7) is 2.68. The van der Waals surface area contributed by atoms with Crippen LogP contribution in [0, 0.1) is 6.92 Å². The van der Waals surface area contributed by atoms with Gasteiger partial charge in [0.05, 0.1) is 6.54 Å². The van der Waals surface area contributed by atoms with E-state index < -0.39 is 12.7 Å². The molecule has 1 heterocycles. The third kappa shape index (κ3) is 6.09. The standard InChI is InChI=1S/C10H15F3N2S/c1-8-2-3-9(16-8)6-14-4-5-15-7-10(11,12)13/h2-3,14-15H,4-7H2,1H3. The number of hydrogen-bond donors (Lipinski definition) is 2. The predicted octanol–water partition coefficient (Wildman–Crippen LogP) is 2.30. The van der Waals surface area contributed by atoms with Crippen LogP contribution in [0.25, 0.3) is 0 Å². The lowest BCUT2D eigenvalue weighted by Crippen LogP contribution is -2.33. The molecule has 0 spiro atoms. The highest BCUT2D eigenvalue weighted by Gasteiger charge is 2.25. The van der Waals surface area contributed by atoms with Crippen molar-refractivity contribution in [2.75, 3.05) is 19.6 Å². The summed E-state index contributed by atoms with van der Waals surface area (Å²) in [6, 6.07) is 4.06. The average molecular weight is 252 g/mol. The fourth-order valence-corrected chi connectivity index (χ4v) is 2.06. The Hall–Kier alpha value is -0.590. The van der Waals surface area contributed by atoms with Crippen LogP contribution in [0.15, 0.2) is 12.1 Å². The van der Waals surface area contributed by atoms with Gasteiger partial charge in [0.25, 0.3) is 0 Å². The van der Waals surface area contributed by atoms with Crippen LogP contribution >= 0.6 is 11.3 Å². The van der Waals surface area contributed by atoms with Gasteiger partial charge in [-0.3, -0.25) is 0 Å². The lowest BCUT2D eigenvalue weighted by atomic mass is 10.4. The van der Waals surface area contributed by atoms with Gasteiger partial charge in [-0.05, 0) is 19.1 Å². The summed E-state index contributed by atoms with van der Waals surface area (Å²) in [5.74, 6) is 0. The van der Waals surface area contributed by atoms with Crippen molar-refractivity contribution >= 4 is 11.3 Å². The van der Waals surface area contributed by atoms with E-state index in [1.165, 1.54) is 9.75 Å². The number of nitrogens with one attached hydrogen (secondary N) is 2. The fraction of sp³-hybridized carbons (Fsp3) is 0.600. The second kappa shape index (κ2) is 6.22. The molecule has 0 unspecified atom stereocenters. The van der Waals surface area contributed by atoms with Crippen molar-refractivity contribution in [3.05, 3.63) is 21.9 Å². The fourth-order valence-electron chi connectivity index (χ4n) is 1.20. The van der Waals surface area contributed by atoms with Gasteiger partial charge in [0.2, 0.25) is 0 Å². The van der Waals surface area contributed by atoms with Gasteiger partial charge in [0.1, 0.15) is 0 Å². The van der Waals surface area contributed by atoms with E-state index in [2.05, 4.69) is 10.6 Å². The Labute approximate surface area is 96.9 Å². The smallest absolute Gasteiger partial charge is 0.311 e. The average Bonchev–Trinajstić information content (AvgIpc) is 2.56. The van der Waals surface area contributed by atoms with Crippen LogP contribution in [0.1, 0.15) is 9.75 Å². The molecule has 1 rings (SSSR count). The molecule has 0 saturated heterocycles. The maximum Gasteiger partial charge on any atom is 0.401 e. The Morgan fingerprint density at radius 2 is 1.88 bits per heavy atom. The van der Waals surface area contributed by atoms with Crippen LogP contribution in [0.3, 0.4) is 0 Å². The van der Waals surface area contributed by atoms with E-state index in [1.54, 1.807) is 11.3 Å². The highest BCUT2D eigenvalue weighted by atomic mass is 32.1. The zero-order chi connectivity index (χ0) is 12.0. The van der Waals surface area contributed by atoms with E-state index in [0.717, 1.165) is 0 Å². The molecule has 0 aliphatic rings. The highest BCUT2D eigenvalue weighted by molar-refractivity contribution is 7.11. The molecule has 0 fully saturated rings. The van der Waals surface area contributed by atoms with Gasteiger partial charge in [-0.1, -0.05) is 0 Å². The van der Waals surface area contributed by atoms with Crippen LogP contribution in [-0.2, 0) is 6.54 Å². The SMILES string of the molecule is Cc1ccc(CNCCNCC(F)(F)F)s1. The summed E-state index contributed by atoms with van der Waals surface area (Å²) in [5, 5.41) is 5.41. The van der Waals surface area contributed by atoms with Crippen molar-refractivity contribution in [2.45, 2.75) is 19.6 Å². The lowest BCUT2D eigenvalue weighted by Gasteiger charge is -2.08. The Balaban J connectivity index is 2.00. The minimum atomic E-state index is -4.12. The van der Waals surface area contributed by atoms with E-state index in [9.17, 15) is 13.2 Å². The number of thiophene rings is 1. The van der Waals surface area contributed by atoms with Gasteiger partial charge in [-0.2, -0.15) is 13.2 Å². The van der Waals surface area contributed by atoms with Crippen molar-refractivity contribution in [3.8, 4) is 0 Å². The molecule has 0 aromatic carbocycles. The molecular formula is C10H15F3N2S. The van der Waals surface area contributed by atoms with Gasteiger partial charge in [0.15, 0.2) is 0 Å². The molecule has 6 heteroatoms. The summed E-state index contributed by atoms with van der Waals surface area (Å²) in [6.07, 6.45) is -4.12. The normalized spacial score (nSPS) is 12.0. The van der Waals surface area contributed by atoms with Gasteiger partial charge in [0, 0.05) is 29.4 Å². The van der Waals surface area contributed by atoms with Gasteiger partial charge >= 0.3 is 6.18 Å². The monoisotopic (exact) mass is 252 g/mol.